The van der Waals surface area contributed by atoms with Gasteiger partial charge in [0.05, 0.1) is 10.7 Å². The number of phenolic OH excluding ortho intramolecular Hbond substituents is 1. The number of piperazine rings is 1. The minimum atomic E-state index is -0.0838. The summed E-state index contributed by atoms with van der Waals surface area (Å²) in [6, 6.07) is 12.8. The fourth-order valence-corrected chi connectivity index (χ4v) is 5.03. The van der Waals surface area contributed by atoms with Gasteiger partial charge < -0.3 is 24.8 Å². The van der Waals surface area contributed by atoms with Gasteiger partial charge >= 0.3 is 6.03 Å². The molecule has 0 radical (unpaired) electrons. The standard InChI is InChI=1S/C26H28ClN5O3/c1-29-12-13-32(26(29)35)22-7-6-17(14-21(22)27)19-4-3-5-20(24(19)33)18-15-23(25(34)30(2)16-18)31-10-8-28-9-11-31/h3-7,14-16,28,33H,8-13H2,1-2H3. The molecule has 0 bridgehead atoms. The third-order valence-electron chi connectivity index (χ3n) is 6.74. The molecule has 9 heteroatoms. The molecule has 3 aromatic rings. The molecule has 2 saturated heterocycles. The van der Waals surface area contributed by atoms with Crippen molar-refractivity contribution < 1.29 is 9.90 Å². The summed E-state index contributed by atoms with van der Waals surface area (Å²) < 4.78 is 1.56. The predicted molar refractivity (Wildman–Crippen MR) is 140 cm³/mol. The van der Waals surface area contributed by atoms with Crippen LogP contribution in [-0.4, -0.2) is 66.9 Å². The molecule has 0 saturated carbocycles. The molecule has 0 aliphatic carbocycles. The van der Waals surface area contributed by atoms with Crippen molar-refractivity contribution in [3.8, 4) is 28.0 Å². The van der Waals surface area contributed by atoms with Gasteiger partial charge in [-0.05, 0) is 23.8 Å². The number of aromatic hydroxyl groups is 1. The van der Waals surface area contributed by atoms with Gasteiger partial charge in [-0.2, -0.15) is 0 Å². The van der Waals surface area contributed by atoms with Gasteiger partial charge in [0.2, 0.25) is 0 Å². The lowest BCUT2D eigenvalue weighted by Crippen LogP contribution is -2.45. The summed E-state index contributed by atoms with van der Waals surface area (Å²) >= 11 is 6.58. The van der Waals surface area contributed by atoms with Gasteiger partial charge in [-0.1, -0.05) is 35.9 Å². The van der Waals surface area contributed by atoms with Crippen LogP contribution >= 0.6 is 11.6 Å². The van der Waals surface area contributed by atoms with Crippen molar-refractivity contribution in [3.05, 3.63) is 64.0 Å². The minimum absolute atomic E-state index is 0.0595. The van der Waals surface area contributed by atoms with Crippen LogP contribution in [0.15, 0.2) is 53.5 Å². The number of halogens is 1. The smallest absolute Gasteiger partial charge is 0.324 e. The number of phenols is 1. The van der Waals surface area contributed by atoms with Gasteiger partial charge in [-0.15, -0.1) is 0 Å². The maximum atomic E-state index is 12.8. The molecule has 2 aliphatic heterocycles. The number of benzene rings is 2. The molecule has 2 aliphatic rings. The highest BCUT2D eigenvalue weighted by Crippen LogP contribution is 2.41. The number of aryl methyl sites for hydroxylation is 1. The number of likely N-dealkylation sites (N-methyl/N-ethyl adjacent to an activating group) is 1. The Balaban J connectivity index is 1.52. The minimum Gasteiger partial charge on any atom is -0.507 e. The van der Waals surface area contributed by atoms with E-state index in [-0.39, 0.29) is 17.3 Å². The Kier molecular flexibility index (Phi) is 6.17. The average molecular weight is 494 g/mol. The molecular weight excluding hydrogens is 466 g/mol. The molecule has 5 rings (SSSR count). The Bertz CT molecular complexity index is 1350. The number of anilines is 2. The normalized spacial score (nSPS) is 16.3. The number of aromatic nitrogens is 1. The summed E-state index contributed by atoms with van der Waals surface area (Å²) in [6.45, 7) is 4.39. The zero-order chi connectivity index (χ0) is 24.7. The van der Waals surface area contributed by atoms with Crippen LogP contribution in [0.5, 0.6) is 5.75 Å². The number of amides is 2. The van der Waals surface area contributed by atoms with Crippen molar-refractivity contribution in [1.82, 2.24) is 14.8 Å². The number of hydrogen-bond donors (Lipinski definition) is 2. The van der Waals surface area contributed by atoms with E-state index in [1.165, 1.54) is 0 Å². The van der Waals surface area contributed by atoms with Crippen molar-refractivity contribution in [2.75, 3.05) is 56.1 Å². The van der Waals surface area contributed by atoms with Crippen LogP contribution in [0.25, 0.3) is 22.3 Å². The van der Waals surface area contributed by atoms with Crippen LogP contribution in [0.3, 0.4) is 0 Å². The summed E-state index contributed by atoms with van der Waals surface area (Å²) in [4.78, 5) is 30.6. The Labute approximate surface area is 208 Å². The lowest BCUT2D eigenvalue weighted by Gasteiger charge is -2.29. The fraction of sp³-hybridized carbons (Fsp3) is 0.308. The SMILES string of the molecule is CN1CCN(c2ccc(-c3cccc(-c4cc(N5CCNCC5)c(=O)n(C)c4)c3O)cc2Cl)C1=O. The van der Waals surface area contributed by atoms with Gasteiger partial charge in [-0.3, -0.25) is 9.69 Å². The topological polar surface area (TPSA) is 81.1 Å². The molecule has 3 heterocycles. The fourth-order valence-electron chi connectivity index (χ4n) is 4.75. The van der Waals surface area contributed by atoms with Crippen LogP contribution in [0.1, 0.15) is 0 Å². The molecule has 0 spiro atoms. The molecule has 2 N–H and O–H groups in total. The molecule has 2 aromatic carbocycles. The van der Waals surface area contributed by atoms with Crippen LogP contribution in [0.2, 0.25) is 5.02 Å². The number of carbonyl (C=O) groups is 1. The second-order valence-electron chi connectivity index (χ2n) is 8.99. The number of rotatable bonds is 4. The first-order valence-corrected chi connectivity index (χ1v) is 12.0. The highest BCUT2D eigenvalue weighted by atomic mass is 35.5. The van der Waals surface area contributed by atoms with E-state index in [0.29, 0.717) is 40.6 Å². The monoisotopic (exact) mass is 493 g/mol. The van der Waals surface area contributed by atoms with E-state index in [1.807, 2.05) is 36.4 Å². The quantitative estimate of drug-likeness (QED) is 0.582. The zero-order valence-electron chi connectivity index (χ0n) is 19.8. The van der Waals surface area contributed by atoms with Crippen LogP contribution in [0, 0.1) is 0 Å². The molecule has 182 valence electrons. The molecule has 8 nitrogen and oxygen atoms in total. The second kappa shape index (κ2) is 9.28. The van der Waals surface area contributed by atoms with E-state index in [1.54, 1.807) is 40.7 Å². The zero-order valence-corrected chi connectivity index (χ0v) is 20.5. The lowest BCUT2D eigenvalue weighted by atomic mass is 9.97. The Hall–Kier alpha value is -3.49. The van der Waals surface area contributed by atoms with Crippen molar-refractivity contribution in [2.45, 2.75) is 0 Å². The third kappa shape index (κ3) is 4.24. The number of para-hydroxylation sites is 1. The molecule has 35 heavy (non-hydrogen) atoms. The van der Waals surface area contributed by atoms with Gasteiger partial charge in [0.25, 0.3) is 5.56 Å². The van der Waals surface area contributed by atoms with Gasteiger partial charge in [0.1, 0.15) is 11.4 Å². The summed E-state index contributed by atoms with van der Waals surface area (Å²) in [5.41, 5.74) is 3.97. The second-order valence-corrected chi connectivity index (χ2v) is 9.40. The first-order valence-electron chi connectivity index (χ1n) is 11.7. The first-order chi connectivity index (χ1) is 16.8. The Morgan fingerprint density at radius 1 is 0.886 bits per heavy atom. The molecule has 1 aromatic heterocycles. The molecule has 2 fully saturated rings. The van der Waals surface area contributed by atoms with Crippen LogP contribution in [0.4, 0.5) is 16.2 Å². The number of carbonyl (C=O) groups excluding carboxylic acids is 1. The lowest BCUT2D eigenvalue weighted by molar-refractivity contribution is 0.229. The van der Waals surface area contributed by atoms with Crippen LogP contribution in [-0.2, 0) is 7.05 Å². The van der Waals surface area contributed by atoms with E-state index >= 15 is 0 Å². The van der Waals surface area contributed by atoms with Gasteiger partial charge in [-0.25, -0.2) is 4.79 Å². The van der Waals surface area contributed by atoms with E-state index in [9.17, 15) is 14.7 Å². The summed E-state index contributed by atoms with van der Waals surface area (Å²) in [7, 11) is 3.50. The molecule has 0 unspecified atom stereocenters. The number of hydrogen-bond acceptors (Lipinski definition) is 5. The predicted octanol–water partition coefficient (Wildman–Crippen LogP) is 3.36. The first kappa shape index (κ1) is 23.3. The molecule has 0 atom stereocenters. The molecule has 2 amide bonds. The van der Waals surface area contributed by atoms with E-state index in [2.05, 4.69) is 10.2 Å². The summed E-state index contributed by atoms with van der Waals surface area (Å²) in [5.74, 6) is 0.109. The average Bonchev–Trinajstić information content (AvgIpc) is 3.19. The largest absolute Gasteiger partial charge is 0.507 e. The number of pyridine rings is 1. The van der Waals surface area contributed by atoms with E-state index in [4.69, 9.17) is 11.6 Å². The van der Waals surface area contributed by atoms with Crippen molar-refractivity contribution in [1.29, 1.82) is 0 Å². The van der Waals surface area contributed by atoms with E-state index < -0.39 is 0 Å². The Morgan fingerprint density at radius 3 is 2.26 bits per heavy atom. The van der Waals surface area contributed by atoms with Crippen molar-refractivity contribution in [2.24, 2.45) is 7.05 Å². The number of nitrogens with zero attached hydrogens (tertiary/aromatic N) is 4. The maximum Gasteiger partial charge on any atom is 0.324 e. The van der Waals surface area contributed by atoms with E-state index in [0.717, 1.165) is 37.3 Å². The van der Waals surface area contributed by atoms with Gasteiger partial charge in [0, 0.05) is 76.3 Å². The number of urea groups is 1. The summed E-state index contributed by atoms with van der Waals surface area (Å²) in [5, 5.41) is 15.0. The number of nitrogens with one attached hydrogen (secondary N) is 1. The van der Waals surface area contributed by atoms with Crippen molar-refractivity contribution in [3.63, 3.8) is 0 Å². The van der Waals surface area contributed by atoms with Crippen molar-refractivity contribution >= 4 is 29.0 Å². The highest BCUT2D eigenvalue weighted by molar-refractivity contribution is 6.34. The highest BCUT2D eigenvalue weighted by Gasteiger charge is 2.28. The maximum absolute atomic E-state index is 12.8. The van der Waals surface area contributed by atoms with Gasteiger partial charge in [0.15, 0.2) is 0 Å². The molecular formula is C26H28ClN5O3. The Morgan fingerprint density at radius 2 is 1.60 bits per heavy atom. The summed E-state index contributed by atoms with van der Waals surface area (Å²) in [6.07, 6.45) is 1.75. The van der Waals surface area contributed by atoms with Crippen LogP contribution < -0.4 is 20.7 Å². The third-order valence-corrected chi connectivity index (χ3v) is 7.04.